The van der Waals surface area contributed by atoms with Gasteiger partial charge in [0.25, 0.3) is 5.91 Å². The van der Waals surface area contributed by atoms with Crippen LogP contribution < -0.4 is 11.1 Å². The van der Waals surface area contributed by atoms with Crippen LogP contribution in [0.4, 0.5) is 19.0 Å². The minimum Gasteiger partial charge on any atom is -0.364 e. The van der Waals surface area contributed by atoms with E-state index in [4.69, 9.17) is 10.3 Å². The average Bonchev–Trinajstić information content (AvgIpc) is 3.56. The van der Waals surface area contributed by atoms with Crippen LogP contribution in [0.15, 0.2) is 35.1 Å². The number of hydrogen-bond acceptors (Lipinski definition) is 8. The van der Waals surface area contributed by atoms with E-state index in [0.717, 1.165) is 12.1 Å². The zero-order valence-corrected chi connectivity index (χ0v) is 20.8. The van der Waals surface area contributed by atoms with Crippen molar-refractivity contribution in [3.63, 3.8) is 0 Å². The molecular formula is C24H25F3N8O4. The van der Waals surface area contributed by atoms with Crippen LogP contribution in [-0.2, 0) is 22.3 Å². The molecule has 0 bridgehead atoms. The molecule has 2 atom stereocenters. The van der Waals surface area contributed by atoms with Crippen molar-refractivity contribution in [2.45, 2.75) is 32.1 Å². The van der Waals surface area contributed by atoms with Crippen LogP contribution >= 0.6 is 0 Å². The molecule has 0 saturated carbocycles. The monoisotopic (exact) mass is 546 g/mol. The molecule has 15 heteroatoms. The van der Waals surface area contributed by atoms with E-state index >= 15 is 0 Å². The van der Waals surface area contributed by atoms with E-state index in [0.29, 0.717) is 26.2 Å². The molecule has 206 valence electrons. The molecule has 12 nitrogen and oxygen atoms in total. The highest BCUT2D eigenvalue weighted by Gasteiger charge is 2.34. The van der Waals surface area contributed by atoms with E-state index in [1.54, 1.807) is 9.47 Å². The van der Waals surface area contributed by atoms with Gasteiger partial charge in [-0.3, -0.25) is 19.3 Å². The van der Waals surface area contributed by atoms with Crippen molar-refractivity contribution in [2.24, 2.45) is 11.7 Å². The summed E-state index contributed by atoms with van der Waals surface area (Å²) in [5, 5.41) is 6.47. The smallest absolute Gasteiger partial charge is 0.364 e. The van der Waals surface area contributed by atoms with Gasteiger partial charge in [0.05, 0.1) is 23.9 Å². The molecule has 1 fully saturated rings. The summed E-state index contributed by atoms with van der Waals surface area (Å²) in [4.78, 5) is 48.9. The van der Waals surface area contributed by atoms with Gasteiger partial charge in [-0.05, 0) is 19.1 Å². The number of nitrogens with two attached hydrogens (primary N) is 1. The normalized spacial score (nSPS) is 18.9. The summed E-state index contributed by atoms with van der Waals surface area (Å²) in [5.41, 5.74) is 4.65. The number of anilines is 1. The third-order valence-electron chi connectivity index (χ3n) is 6.98. The molecule has 2 aromatic heterocycles. The summed E-state index contributed by atoms with van der Waals surface area (Å²) in [5.74, 6) is -1.37. The van der Waals surface area contributed by atoms with Gasteiger partial charge in [0.1, 0.15) is 5.82 Å². The number of rotatable bonds is 6. The van der Waals surface area contributed by atoms with Gasteiger partial charge in [-0.15, -0.1) is 0 Å². The van der Waals surface area contributed by atoms with E-state index in [2.05, 4.69) is 20.4 Å². The predicted molar refractivity (Wildman–Crippen MR) is 129 cm³/mol. The van der Waals surface area contributed by atoms with Crippen LogP contribution in [0.5, 0.6) is 0 Å². The van der Waals surface area contributed by atoms with E-state index in [-0.39, 0.29) is 59.6 Å². The van der Waals surface area contributed by atoms with Gasteiger partial charge in [-0.25, -0.2) is 4.98 Å². The van der Waals surface area contributed by atoms with E-state index in [9.17, 15) is 27.6 Å². The van der Waals surface area contributed by atoms with Crippen LogP contribution in [0.25, 0.3) is 11.4 Å². The Morgan fingerprint density at radius 3 is 2.67 bits per heavy atom. The number of hydrogen-bond donors (Lipinski definition) is 2. The summed E-state index contributed by atoms with van der Waals surface area (Å²) in [6.45, 7) is 3.87. The maximum Gasteiger partial charge on any atom is 0.416 e. The van der Waals surface area contributed by atoms with Crippen molar-refractivity contribution in [2.75, 3.05) is 31.5 Å². The minimum absolute atomic E-state index is 0.00504. The number of fused-ring (bicyclic) bond motifs is 1. The van der Waals surface area contributed by atoms with E-state index in [1.165, 1.54) is 18.5 Å². The second kappa shape index (κ2) is 10.1. The predicted octanol–water partition coefficient (Wildman–Crippen LogP) is 1.91. The maximum atomic E-state index is 13.0. The van der Waals surface area contributed by atoms with Crippen LogP contribution in [0.3, 0.4) is 0 Å². The molecule has 4 heterocycles. The molecule has 0 aliphatic carbocycles. The Hall–Kier alpha value is -4.27. The number of halogens is 3. The third kappa shape index (κ3) is 5.34. The molecule has 1 saturated heterocycles. The van der Waals surface area contributed by atoms with Crippen molar-refractivity contribution >= 4 is 23.5 Å². The summed E-state index contributed by atoms with van der Waals surface area (Å²) in [7, 11) is 0. The number of carbonyl (C=O) groups excluding carboxylic acids is 3. The molecular weight excluding hydrogens is 521 g/mol. The molecule has 39 heavy (non-hydrogen) atoms. The summed E-state index contributed by atoms with van der Waals surface area (Å²) in [6.07, 6.45) is -3.08. The lowest BCUT2D eigenvalue weighted by atomic mass is 10.0. The third-order valence-corrected chi connectivity index (χ3v) is 6.98. The van der Waals surface area contributed by atoms with E-state index in [1.807, 2.05) is 11.8 Å². The van der Waals surface area contributed by atoms with Crippen LogP contribution in [0.2, 0.25) is 0 Å². The fourth-order valence-corrected chi connectivity index (χ4v) is 4.74. The Morgan fingerprint density at radius 1 is 1.23 bits per heavy atom. The number of amides is 3. The lowest BCUT2D eigenvalue weighted by molar-refractivity contribution is -0.137. The SMILES string of the molecule is CC(c1nc(-c2cccc(C(F)(F)F)c2)no1)N1CCN(C(=O)CC2Cn3cnc(C(N)=O)c3NC2=O)CC1. The molecule has 0 spiro atoms. The lowest BCUT2D eigenvalue weighted by Crippen LogP contribution is -2.50. The quantitative estimate of drug-likeness (QED) is 0.476. The first kappa shape index (κ1) is 26.3. The Bertz CT molecular complexity index is 1410. The first-order valence-corrected chi connectivity index (χ1v) is 12.2. The molecule has 3 amide bonds. The van der Waals surface area contributed by atoms with Gasteiger partial charge in [-0.2, -0.15) is 18.2 Å². The molecule has 2 aliphatic rings. The highest BCUT2D eigenvalue weighted by molar-refractivity contribution is 6.03. The van der Waals surface area contributed by atoms with Crippen LogP contribution in [-0.4, -0.2) is 73.4 Å². The van der Waals surface area contributed by atoms with Gasteiger partial charge in [0.15, 0.2) is 5.69 Å². The van der Waals surface area contributed by atoms with Gasteiger partial charge in [-0.1, -0.05) is 17.3 Å². The average molecular weight is 547 g/mol. The molecule has 5 rings (SSSR count). The number of nitrogens with zero attached hydrogens (tertiary/aromatic N) is 6. The lowest BCUT2D eigenvalue weighted by Gasteiger charge is -2.37. The maximum absolute atomic E-state index is 13.0. The zero-order valence-electron chi connectivity index (χ0n) is 20.8. The number of imidazole rings is 1. The topological polar surface area (TPSA) is 152 Å². The summed E-state index contributed by atoms with van der Waals surface area (Å²) in [6, 6.07) is 4.40. The van der Waals surface area contributed by atoms with Crippen molar-refractivity contribution in [3.8, 4) is 11.4 Å². The van der Waals surface area contributed by atoms with Gasteiger partial charge < -0.3 is 25.0 Å². The first-order chi connectivity index (χ1) is 18.5. The summed E-state index contributed by atoms with van der Waals surface area (Å²) < 4.78 is 46.1. The number of primary amides is 1. The largest absolute Gasteiger partial charge is 0.416 e. The number of carbonyl (C=O) groups is 3. The molecule has 3 N–H and O–H groups in total. The Kier molecular flexibility index (Phi) is 6.84. The van der Waals surface area contributed by atoms with Crippen LogP contribution in [0.1, 0.15) is 41.3 Å². The number of benzene rings is 1. The van der Waals surface area contributed by atoms with Gasteiger partial charge >= 0.3 is 6.18 Å². The van der Waals surface area contributed by atoms with Crippen molar-refractivity contribution < 1.29 is 32.1 Å². The molecule has 2 aliphatic heterocycles. The highest BCUT2D eigenvalue weighted by Crippen LogP contribution is 2.32. The second-order valence-corrected chi connectivity index (χ2v) is 9.48. The number of nitrogens with one attached hydrogen (secondary N) is 1. The van der Waals surface area contributed by atoms with Gasteiger partial charge in [0, 0.05) is 44.7 Å². The Balaban J connectivity index is 1.16. The second-order valence-electron chi connectivity index (χ2n) is 9.48. The highest BCUT2D eigenvalue weighted by atomic mass is 19.4. The molecule has 2 unspecified atom stereocenters. The van der Waals surface area contributed by atoms with E-state index < -0.39 is 23.6 Å². The molecule has 1 aromatic carbocycles. The first-order valence-electron chi connectivity index (χ1n) is 12.2. The van der Waals surface area contributed by atoms with Crippen LogP contribution in [0, 0.1) is 5.92 Å². The number of piperazine rings is 1. The van der Waals surface area contributed by atoms with Crippen molar-refractivity contribution in [3.05, 3.63) is 47.7 Å². The fraction of sp³-hybridized carbons (Fsp3) is 0.417. The Morgan fingerprint density at radius 2 is 1.97 bits per heavy atom. The fourth-order valence-electron chi connectivity index (χ4n) is 4.74. The number of aromatic nitrogens is 4. The molecule has 3 aromatic rings. The number of alkyl halides is 3. The molecule has 0 radical (unpaired) electrons. The minimum atomic E-state index is -4.48. The van der Waals surface area contributed by atoms with Gasteiger partial charge in [0.2, 0.25) is 23.5 Å². The standard InChI is InChI=1S/C24H25F3N8O4/c1-13(23-30-20(32-39-23)14-3-2-4-16(9-14)24(25,26)27)33-5-7-34(8-6-33)17(36)10-15-11-35-12-29-18(19(28)37)21(35)31-22(15)38/h2-4,9,12-13,15H,5-8,10-11H2,1H3,(H2,28,37)(H,31,38). The summed E-state index contributed by atoms with van der Waals surface area (Å²) >= 11 is 0. The van der Waals surface area contributed by atoms with Crippen molar-refractivity contribution in [1.29, 1.82) is 0 Å². The zero-order chi connectivity index (χ0) is 27.9. The Labute approximate surface area is 219 Å². The van der Waals surface area contributed by atoms with Crippen molar-refractivity contribution in [1.82, 2.24) is 29.5 Å².